The van der Waals surface area contributed by atoms with Crippen LogP contribution < -0.4 is 0 Å². The maximum absolute atomic E-state index is 12.9. The SMILES string of the molecule is CC/C=C\C/C=C\C/C=C\C/C=C\C/C=C\CCCC(=O)OCC(COC(=O)CCCCCCCCCCCC/C=C\C=C/CCCCC)OC(=O)CCCCCCCCCCCCCCCCCCCCC. The van der Waals surface area contributed by atoms with Gasteiger partial charge in [-0.3, -0.25) is 14.4 Å². The number of unbranched alkanes of at least 4 members (excludes halogenated alkanes) is 32. The van der Waals surface area contributed by atoms with Crippen molar-refractivity contribution < 1.29 is 28.6 Å². The van der Waals surface area contributed by atoms with E-state index in [-0.39, 0.29) is 37.5 Å². The van der Waals surface area contributed by atoms with Crippen LogP contribution in [0.2, 0.25) is 0 Å². The van der Waals surface area contributed by atoms with Gasteiger partial charge in [-0.1, -0.05) is 286 Å². The standard InChI is InChI=1S/C67H116O6/c1-4-7-10-13-16-19-22-25-28-31-33-36-39-42-45-48-51-54-57-60-66(69)72-63-64(62-71-65(68)59-56-53-50-47-44-41-38-35-30-27-24-21-18-15-12-9-6-3)73-67(70)61-58-55-52-49-46-43-40-37-34-32-29-26-23-20-17-14-11-8-5-2/h9,12,16,18-19,21-22,25,27,30,38,41,47,50,64H,4-8,10-11,13-15,17,20,23-24,26,28-29,31-37,39-40,42-46,48-49,51-63H2,1-3H3/b12-9-,19-16-,21-18-,25-22-,30-27-,41-38-,50-47-. The molecular weight excluding hydrogens is 901 g/mol. The molecule has 0 aromatic carbocycles. The molecule has 1 atom stereocenters. The van der Waals surface area contributed by atoms with Gasteiger partial charge in [0, 0.05) is 19.3 Å². The van der Waals surface area contributed by atoms with Crippen molar-refractivity contribution in [3.8, 4) is 0 Å². The van der Waals surface area contributed by atoms with Crippen LogP contribution in [0, 0.1) is 0 Å². The molecule has 0 rings (SSSR count). The van der Waals surface area contributed by atoms with E-state index in [1.807, 2.05) is 0 Å². The van der Waals surface area contributed by atoms with Crippen LogP contribution in [0.1, 0.15) is 303 Å². The van der Waals surface area contributed by atoms with Gasteiger partial charge >= 0.3 is 17.9 Å². The third-order valence-electron chi connectivity index (χ3n) is 13.4. The summed E-state index contributed by atoms with van der Waals surface area (Å²) in [5, 5.41) is 0. The minimum Gasteiger partial charge on any atom is -0.462 e. The second kappa shape index (κ2) is 61.1. The summed E-state index contributed by atoms with van der Waals surface area (Å²) < 4.78 is 16.9. The van der Waals surface area contributed by atoms with E-state index in [1.165, 1.54) is 180 Å². The van der Waals surface area contributed by atoms with Crippen molar-refractivity contribution in [2.75, 3.05) is 13.2 Å². The van der Waals surface area contributed by atoms with Crippen molar-refractivity contribution in [3.05, 3.63) is 85.1 Å². The van der Waals surface area contributed by atoms with E-state index in [2.05, 4.69) is 106 Å². The summed E-state index contributed by atoms with van der Waals surface area (Å²) in [6.07, 6.45) is 80.1. The second-order valence-electron chi connectivity index (χ2n) is 20.6. The molecule has 0 aromatic rings. The molecular formula is C67H116O6. The number of hydrogen-bond acceptors (Lipinski definition) is 6. The number of carbonyl (C=O) groups is 3. The lowest BCUT2D eigenvalue weighted by molar-refractivity contribution is -0.167. The Morgan fingerprint density at radius 2 is 0.589 bits per heavy atom. The molecule has 6 nitrogen and oxygen atoms in total. The summed E-state index contributed by atoms with van der Waals surface area (Å²) in [7, 11) is 0. The zero-order valence-corrected chi connectivity index (χ0v) is 48.1. The number of hydrogen-bond donors (Lipinski definition) is 0. The van der Waals surface area contributed by atoms with Gasteiger partial charge in [-0.15, -0.1) is 0 Å². The van der Waals surface area contributed by atoms with Crippen LogP contribution in [0.5, 0.6) is 0 Å². The summed E-state index contributed by atoms with van der Waals surface area (Å²) in [6.45, 7) is 6.48. The lowest BCUT2D eigenvalue weighted by atomic mass is 10.0. The third-order valence-corrected chi connectivity index (χ3v) is 13.4. The van der Waals surface area contributed by atoms with Crippen LogP contribution in [0.25, 0.3) is 0 Å². The molecule has 0 aliphatic heterocycles. The topological polar surface area (TPSA) is 78.9 Å². The molecule has 420 valence electrons. The molecule has 0 bridgehead atoms. The molecule has 0 aromatic heterocycles. The number of carbonyl (C=O) groups excluding carboxylic acids is 3. The van der Waals surface area contributed by atoms with E-state index in [0.29, 0.717) is 19.3 Å². The lowest BCUT2D eigenvalue weighted by Gasteiger charge is -2.18. The number of allylic oxidation sites excluding steroid dienone is 14. The van der Waals surface area contributed by atoms with E-state index in [4.69, 9.17) is 14.2 Å². The zero-order valence-electron chi connectivity index (χ0n) is 48.1. The van der Waals surface area contributed by atoms with Crippen LogP contribution in [-0.4, -0.2) is 37.2 Å². The van der Waals surface area contributed by atoms with E-state index >= 15 is 0 Å². The molecule has 0 saturated carbocycles. The van der Waals surface area contributed by atoms with Crippen LogP contribution in [0.4, 0.5) is 0 Å². The van der Waals surface area contributed by atoms with Gasteiger partial charge in [0.2, 0.25) is 0 Å². The summed E-state index contributed by atoms with van der Waals surface area (Å²) in [4.78, 5) is 38.3. The van der Waals surface area contributed by atoms with Gasteiger partial charge in [-0.05, 0) is 83.5 Å². The normalized spacial score (nSPS) is 12.6. The van der Waals surface area contributed by atoms with Crippen molar-refractivity contribution in [1.29, 1.82) is 0 Å². The maximum Gasteiger partial charge on any atom is 0.306 e. The van der Waals surface area contributed by atoms with Crippen molar-refractivity contribution in [2.24, 2.45) is 0 Å². The van der Waals surface area contributed by atoms with Crippen LogP contribution >= 0.6 is 0 Å². The van der Waals surface area contributed by atoms with Gasteiger partial charge in [0.15, 0.2) is 6.10 Å². The van der Waals surface area contributed by atoms with Gasteiger partial charge in [-0.2, -0.15) is 0 Å². The Morgan fingerprint density at radius 3 is 0.986 bits per heavy atom. The van der Waals surface area contributed by atoms with Crippen LogP contribution in [-0.2, 0) is 28.6 Å². The number of esters is 3. The molecule has 0 aliphatic rings. The molecule has 0 saturated heterocycles. The quantitative estimate of drug-likeness (QED) is 0.0199. The second-order valence-corrected chi connectivity index (χ2v) is 20.6. The van der Waals surface area contributed by atoms with Crippen molar-refractivity contribution in [3.63, 3.8) is 0 Å². The van der Waals surface area contributed by atoms with E-state index in [1.54, 1.807) is 0 Å². The Balaban J connectivity index is 4.43. The molecule has 0 spiro atoms. The fourth-order valence-electron chi connectivity index (χ4n) is 8.77. The lowest BCUT2D eigenvalue weighted by Crippen LogP contribution is -2.30. The average Bonchev–Trinajstić information content (AvgIpc) is 3.39. The Bertz CT molecular complexity index is 1400. The first-order valence-corrected chi connectivity index (χ1v) is 31.1. The number of ether oxygens (including phenoxy) is 3. The highest BCUT2D eigenvalue weighted by Gasteiger charge is 2.19. The summed E-state index contributed by atoms with van der Waals surface area (Å²) >= 11 is 0. The first-order valence-electron chi connectivity index (χ1n) is 31.1. The Labute approximate surface area is 452 Å². The van der Waals surface area contributed by atoms with Gasteiger partial charge < -0.3 is 14.2 Å². The first kappa shape index (κ1) is 69.6. The molecule has 0 fully saturated rings. The molecule has 0 aliphatic carbocycles. The van der Waals surface area contributed by atoms with Crippen LogP contribution in [0.15, 0.2) is 85.1 Å². The number of rotatable bonds is 56. The van der Waals surface area contributed by atoms with Crippen molar-refractivity contribution >= 4 is 17.9 Å². The van der Waals surface area contributed by atoms with Crippen molar-refractivity contribution in [1.82, 2.24) is 0 Å². The fourth-order valence-corrected chi connectivity index (χ4v) is 8.77. The molecule has 1 unspecified atom stereocenters. The van der Waals surface area contributed by atoms with E-state index in [9.17, 15) is 14.4 Å². The molecule has 0 heterocycles. The Hall–Kier alpha value is -3.41. The Kier molecular flexibility index (Phi) is 58.3. The minimum absolute atomic E-state index is 0.0937. The maximum atomic E-state index is 12.9. The largest absolute Gasteiger partial charge is 0.462 e. The predicted molar refractivity (Wildman–Crippen MR) is 316 cm³/mol. The predicted octanol–water partition coefficient (Wildman–Crippen LogP) is 21.1. The highest BCUT2D eigenvalue weighted by atomic mass is 16.6. The minimum atomic E-state index is -0.801. The van der Waals surface area contributed by atoms with Gasteiger partial charge in [0.25, 0.3) is 0 Å². The smallest absolute Gasteiger partial charge is 0.306 e. The van der Waals surface area contributed by atoms with Gasteiger partial charge in [-0.25, -0.2) is 0 Å². The summed E-state index contributed by atoms with van der Waals surface area (Å²) in [5.74, 6) is -0.944. The highest BCUT2D eigenvalue weighted by molar-refractivity contribution is 5.71. The van der Waals surface area contributed by atoms with Gasteiger partial charge in [0.05, 0.1) is 0 Å². The highest BCUT2D eigenvalue weighted by Crippen LogP contribution is 2.17. The third kappa shape index (κ3) is 59.3. The molecule has 73 heavy (non-hydrogen) atoms. The summed E-state index contributed by atoms with van der Waals surface area (Å²) in [6, 6.07) is 0. The molecule has 0 amide bonds. The molecule has 0 radical (unpaired) electrons. The fraction of sp³-hybridized carbons (Fsp3) is 0.746. The first-order chi connectivity index (χ1) is 36.0. The van der Waals surface area contributed by atoms with Gasteiger partial charge in [0.1, 0.15) is 13.2 Å². The summed E-state index contributed by atoms with van der Waals surface area (Å²) in [5.41, 5.74) is 0. The van der Waals surface area contributed by atoms with E-state index < -0.39 is 6.10 Å². The molecule has 0 N–H and O–H groups in total. The zero-order chi connectivity index (χ0) is 52.9. The van der Waals surface area contributed by atoms with Crippen molar-refractivity contribution in [2.45, 2.75) is 309 Å². The van der Waals surface area contributed by atoms with Crippen LogP contribution in [0.3, 0.4) is 0 Å². The average molecular weight is 1020 g/mol. The Morgan fingerprint density at radius 1 is 0.301 bits per heavy atom. The van der Waals surface area contributed by atoms with E-state index in [0.717, 1.165) is 77.0 Å². The molecule has 6 heteroatoms. The monoisotopic (exact) mass is 1020 g/mol.